The molecule has 0 radical (unpaired) electrons. The quantitative estimate of drug-likeness (QED) is 0.420. The average Bonchev–Trinajstić information content (AvgIpc) is 3.40. The number of carbonyl (C=O) groups is 3. The van der Waals surface area contributed by atoms with E-state index in [9.17, 15) is 14.4 Å². The Labute approximate surface area is 147 Å². The van der Waals surface area contributed by atoms with Crippen LogP contribution in [0.4, 0.5) is 5.69 Å². The molecule has 0 aliphatic heterocycles. The highest BCUT2D eigenvalue weighted by molar-refractivity contribution is 6.14. The molecule has 1 fully saturated rings. The van der Waals surface area contributed by atoms with Gasteiger partial charge in [-0.2, -0.15) is 0 Å². The van der Waals surface area contributed by atoms with Gasteiger partial charge in [0.15, 0.2) is 0 Å². The molecule has 2 rings (SSSR count). The second kappa shape index (κ2) is 8.11. The molecule has 0 unspecified atom stereocenters. The summed E-state index contributed by atoms with van der Waals surface area (Å²) in [4.78, 5) is 38.8. The van der Waals surface area contributed by atoms with Crippen LogP contribution in [0, 0.1) is 5.41 Å². The Morgan fingerprint density at radius 3 is 2.44 bits per heavy atom. The van der Waals surface area contributed by atoms with Crippen LogP contribution in [0.5, 0.6) is 0 Å². The second-order valence-corrected chi connectivity index (χ2v) is 6.49. The molecule has 0 aromatic heterocycles. The van der Waals surface area contributed by atoms with E-state index in [0.29, 0.717) is 25.1 Å². The zero-order chi connectivity index (χ0) is 18.4. The summed E-state index contributed by atoms with van der Waals surface area (Å²) < 4.78 is 4.72. The number of carbonyl (C=O) groups excluding carboxylic acids is 3. The minimum Gasteiger partial charge on any atom is -0.465 e. The Morgan fingerprint density at radius 2 is 1.84 bits per heavy atom. The highest BCUT2D eigenvalue weighted by Gasteiger charge is 2.56. The number of amides is 2. The van der Waals surface area contributed by atoms with Gasteiger partial charge in [-0.25, -0.2) is 4.79 Å². The van der Waals surface area contributed by atoms with E-state index >= 15 is 0 Å². The zero-order valence-corrected chi connectivity index (χ0v) is 14.9. The number of para-hydroxylation sites is 1. The van der Waals surface area contributed by atoms with Crippen molar-refractivity contribution in [1.29, 1.82) is 0 Å². The monoisotopic (exact) mass is 347 g/mol. The second-order valence-electron chi connectivity index (χ2n) is 6.49. The van der Waals surface area contributed by atoms with Crippen molar-refractivity contribution in [1.82, 2.24) is 10.2 Å². The largest absolute Gasteiger partial charge is 0.465 e. The Kier molecular flexibility index (Phi) is 6.14. The molecule has 1 aliphatic rings. The highest BCUT2D eigenvalue weighted by Crippen LogP contribution is 2.47. The summed E-state index contributed by atoms with van der Waals surface area (Å²) >= 11 is 0. The number of benzene rings is 1. The molecule has 25 heavy (non-hydrogen) atoms. The normalized spacial score (nSPS) is 14.7. The van der Waals surface area contributed by atoms with E-state index in [4.69, 9.17) is 4.74 Å². The molecule has 0 bridgehead atoms. The van der Waals surface area contributed by atoms with Crippen LogP contribution in [0.2, 0.25) is 0 Å². The molecule has 2 amide bonds. The molecule has 7 heteroatoms. The van der Waals surface area contributed by atoms with Crippen molar-refractivity contribution in [2.24, 2.45) is 5.41 Å². The molecule has 1 aliphatic carbocycles. The van der Waals surface area contributed by atoms with Gasteiger partial charge < -0.3 is 20.3 Å². The van der Waals surface area contributed by atoms with Crippen LogP contribution in [0.3, 0.4) is 0 Å². The van der Waals surface area contributed by atoms with Gasteiger partial charge in [0, 0.05) is 6.54 Å². The molecular formula is C18H25N3O4. The summed E-state index contributed by atoms with van der Waals surface area (Å²) in [6.07, 6.45) is 1.85. The number of nitrogens with zero attached hydrogens (tertiary/aromatic N) is 1. The molecule has 7 nitrogen and oxygen atoms in total. The van der Waals surface area contributed by atoms with Crippen molar-refractivity contribution in [3.63, 3.8) is 0 Å². The zero-order valence-electron chi connectivity index (χ0n) is 14.9. The van der Waals surface area contributed by atoms with Crippen LogP contribution in [-0.2, 0) is 14.3 Å². The molecule has 1 saturated carbocycles. The van der Waals surface area contributed by atoms with Gasteiger partial charge >= 0.3 is 5.97 Å². The van der Waals surface area contributed by atoms with Gasteiger partial charge in [-0.15, -0.1) is 0 Å². The van der Waals surface area contributed by atoms with Crippen LogP contribution < -0.4 is 10.6 Å². The first-order valence-electron chi connectivity index (χ1n) is 8.32. The first-order valence-corrected chi connectivity index (χ1v) is 8.32. The van der Waals surface area contributed by atoms with E-state index in [1.165, 1.54) is 7.11 Å². The third-order valence-electron chi connectivity index (χ3n) is 4.27. The summed E-state index contributed by atoms with van der Waals surface area (Å²) in [6, 6.07) is 6.59. The minimum absolute atomic E-state index is 0.251. The Hall–Kier alpha value is -2.41. The molecule has 2 N–H and O–H groups in total. The van der Waals surface area contributed by atoms with Gasteiger partial charge in [0.1, 0.15) is 5.41 Å². The van der Waals surface area contributed by atoms with Crippen LogP contribution >= 0.6 is 0 Å². The molecule has 1 aromatic carbocycles. The first-order chi connectivity index (χ1) is 11.9. The molecule has 136 valence electrons. The third-order valence-corrected chi connectivity index (χ3v) is 4.27. The van der Waals surface area contributed by atoms with Crippen molar-refractivity contribution in [2.45, 2.75) is 19.3 Å². The maximum Gasteiger partial charge on any atom is 0.339 e. The van der Waals surface area contributed by atoms with Crippen LogP contribution in [0.25, 0.3) is 0 Å². The highest BCUT2D eigenvalue weighted by atomic mass is 16.5. The van der Waals surface area contributed by atoms with E-state index in [2.05, 4.69) is 10.6 Å². The van der Waals surface area contributed by atoms with E-state index in [-0.39, 0.29) is 17.4 Å². The SMILES string of the molecule is COC(=O)c1ccccc1NC(=O)C1(C(=O)NCCCN(C)C)CC1. The maximum atomic E-state index is 12.6. The van der Waals surface area contributed by atoms with Crippen molar-refractivity contribution in [2.75, 3.05) is 39.6 Å². The Bertz CT molecular complexity index is 653. The predicted molar refractivity (Wildman–Crippen MR) is 94.3 cm³/mol. The first kappa shape index (κ1) is 18.9. The lowest BCUT2D eigenvalue weighted by atomic mass is 10.0. The van der Waals surface area contributed by atoms with Crippen LogP contribution in [-0.4, -0.2) is 57.0 Å². The lowest BCUT2D eigenvalue weighted by Gasteiger charge is -2.17. The fourth-order valence-electron chi connectivity index (χ4n) is 2.57. The summed E-state index contributed by atoms with van der Waals surface area (Å²) in [6.45, 7) is 1.40. The van der Waals surface area contributed by atoms with Gasteiger partial charge in [0.2, 0.25) is 11.8 Å². The molecule has 0 atom stereocenters. The van der Waals surface area contributed by atoms with E-state index in [1.807, 2.05) is 19.0 Å². The number of ether oxygens (including phenoxy) is 1. The summed E-state index contributed by atoms with van der Waals surface area (Å²) in [5, 5.41) is 5.55. The fraction of sp³-hybridized carbons (Fsp3) is 0.500. The van der Waals surface area contributed by atoms with E-state index < -0.39 is 11.4 Å². The number of rotatable bonds is 8. The number of esters is 1. The molecular weight excluding hydrogens is 322 g/mol. The van der Waals surface area contributed by atoms with Gasteiger partial charge in [0.25, 0.3) is 0 Å². The smallest absolute Gasteiger partial charge is 0.339 e. The number of anilines is 1. The standard InChI is InChI=1S/C18H25N3O4/c1-21(2)12-6-11-19-16(23)18(9-10-18)17(24)20-14-8-5-4-7-13(14)15(22)25-3/h4-5,7-8H,6,9-12H2,1-3H3,(H,19,23)(H,20,24). The number of methoxy groups -OCH3 is 1. The van der Waals surface area contributed by atoms with Crippen molar-refractivity contribution < 1.29 is 19.1 Å². The van der Waals surface area contributed by atoms with E-state index in [0.717, 1.165) is 13.0 Å². The average molecular weight is 347 g/mol. The number of nitrogens with one attached hydrogen (secondary N) is 2. The Balaban J connectivity index is 1.98. The maximum absolute atomic E-state index is 12.6. The topological polar surface area (TPSA) is 87.7 Å². The van der Waals surface area contributed by atoms with Gasteiger partial charge in [-0.3, -0.25) is 9.59 Å². The van der Waals surface area contributed by atoms with Crippen molar-refractivity contribution in [3.8, 4) is 0 Å². The lowest BCUT2D eigenvalue weighted by Crippen LogP contribution is -2.41. The minimum atomic E-state index is -1.03. The van der Waals surface area contributed by atoms with E-state index in [1.54, 1.807) is 24.3 Å². The molecule has 0 heterocycles. The van der Waals surface area contributed by atoms with Gasteiger partial charge in [-0.1, -0.05) is 12.1 Å². The molecule has 1 aromatic rings. The van der Waals surface area contributed by atoms with Crippen molar-refractivity contribution in [3.05, 3.63) is 29.8 Å². The summed E-state index contributed by atoms with van der Waals surface area (Å²) in [5.41, 5.74) is -0.409. The predicted octanol–water partition coefficient (Wildman–Crippen LogP) is 1.26. The van der Waals surface area contributed by atoms with Crippen molar-refractivity contribution >= 4 is 23.5 Å². The van der Waals surface area contributed by atoms with Gasteiger partial charge in [0.05, 0.1) is 18.4 Å². The lowest BCUT2D eigenvalue weighted by molar-refractivity contribution is -0.134. The Morgan fingerprint density at radius 1 is 1.16 bits per heavy atom. The van der Waals surface area contributed by atoms with Gasteiger partial charge in [-0.05, 0) is 52.0 Å². The molecule has 0 saturated heterocycles. The fourth-order valence-corrected chi connectivity index (χ4v) is 2.57. The number of hydrogen-bond donors (Lipinski definition) is 2. The van der Waals surface area contributed by atoms with Crippen LogP contribution in [0.1, 0.15) is 29.6 Å². The third kappa shape index (κ3) is 4.57. The summed E-state index contributed by atoms with van der Waals surface area (Å²) in [5.74, 6) is -1.16. The summed E-state index contributed by atoms with van der Waals surface area (Å²) in [7, 11) is 5.22. The van der Waals surface area contributed by atoms with Crippen LogP contribution in [0.15, 0.2) is 24.3 Å². The molecule has 0 spiro atoms. The number of hydrogen-bond acceptors (Lipinski definition) is 5.